The second-order valence-corrected chi connectivity index (χ2v) is 6.37. The quantitative estimate of drug-likeness (QED) is 0.807. The second kappa shape index (κ2) is 7.89. The SMILES string of the molecule is CSC1CCCC(NC(=O)N(C)CCC(C)O)C1. The van der Waals surface area contributed by atoms with E-state index >= 15 is 0 Å². The zero-order valence-corrected chi connectivity index (χ0v) is 12.5. The van der Waals surface area contributed by atoms with Gasteiger partial charge in [-0.3, -0.25) is 0 Å². The Kier molecular flexibility index (Phi) is 6.86. The van der Waals surface area contributed by atoms with Gasteiger partial charge in [-0.15, -0.1) is 0 Å². The Morgan fingerprint density at radius 1 is 1.56 bits per heavy atom. The minimum absolute atomic E-state index is 0.0117. The molecule has 0 bridgehead atoms. The molecule has 2 amide bonds. The molecule has 106 valence electrons. The van der Waals surface area contributed by atoms with Gasteiger partial charge in [-0.25, -0.2) is 4.79 Å². The van der Waals surface area contributed by atoms with Crippen LogP contribution in [0.5, 0.6) is 0 Å². The van der Waals surface area contributed by atoms with Crippen molar-refractivity contribution in [3.63, 3.8) is 0 Å². The number of hydrogen-bond acceptors (Lipinski definition) is 3. The number of thioether (sulfide) groups is 1. The molecule has 0 aromatic heterocycles. The Morgan fingerprint density at radius 2 is 2.28 bits per heavy atom. The van der Waals surface area contributed by atoms with Gasteiger partial charge >= 0.3 is 6.03 Å². The van der Waals surface area contributed by atoms with Crippen molar-refractivity contribution < 1.29 is 9.90 Å². The van der Waals surface area contributed by atoms with Crippen LogP contribution in [0, 0.1) is 0 Å². The van der Waals surface area contributed by atoms with Crippen LogP contribution in [0.3, 0.4) is 0 Å². The van der Waals surface area contributed by atoms with Gasteiger partial charge in [0.25, 0.3) is 0 Å². The summed E-state index contributed by atoms with van der Waals surface area (Å²) >= 11 is 1.90. The van der Waals surface area contributed by atoms with Crippen LogP contribution < -0.4 is 5.32 Å². The molecule has 2 N–H and O–H groups in total. The number of aliphatic hydroxyl groups is 1. The molecule has 0 saturated heterocycles. The Morgan fingerprint density at radius 3 is 2.89 bits per heavy atom. The van der Waals surface area contributed by atoms with Gasteiger partial charge in [-0.05, 0) is 38.9 Å². The van der Waals surface area contributed by atoms with Crippen LogP contribution in [-0.4, -0.2) is 53.3 Å². The topological polar surface area (TPSA) is 52.6 Å². The molecular weight excluding hydrogens is 248 g/mol. The zero-order chi connectivity index (χ0) is 13.5. The highest BCUT2D eigenvalue weighted by molar-refractivity contribution is 7.99. The number of aliphatic hydroxyl groups excluding tert-OH is 1. The van der Waals surface area contributed by atoms with E-state index < -0.39 is 0 Å². The van der Waals surface area contributed by atoms with Crippen LogP contribution >= 0.6 is 11.8 Å². The van der Waals surface area contributed by atoms with Crippen molar-refractivity contribution in [2.75, 3.05) is 19.8 Å². The lowest BCUT2D eigenvalue weighted by atomic mass is 9.95. The van der Waals surface area contributed by atoms with Crippen LogP contribution in [0.15, 0.2) is 0 Å². The first kappa shape index (κ1) is 15.6. The molecule has 0 aliphatic heterocycles. The fourth-order valence-corrected chi connectivity index (χ4v) is 3.08. The number of hydrogen-bond donors (Lipinski definition) is 2. The number of carbonyl (C=O) groups is 1. The molecule has 0 heterocycles. The fraction of sp³-hybridized carbons (Fsp3) is 0.923. The maximum Gasteiger partial charge on any atom is 0.317 e. The van der Waals surface area contributed by atoms with Gasteiger partial charge in [0.2, 0.25) is 0 Å². The predicted molar refractivity (Wildman–Crippen MR) is 77.0 cm³/mol. The van der Waals surface area contributed by atoms with Gasteiger partial charge in [0.05, 0.1) is 6.10 Å². The third kappa shape index (κ3) is 5.48. The van der Waals surface area contributed by atoms with Gasteiger partial charge in [0.15, 0.2) is 0 Å². The zero-order valence-electron chi connectivity index (χ0n) is 11.7. The van der Waals surface area contributed by atoms with E-state index in [0.29, 0.717) is 24.3 Å². The summed E-state index contributed by atoms with van der Waals surface area (Å²) in [7, 11) is 1.78. The normalized spacial score (nSPS) is 25.6. The third-order valence-corrected chi connectivity index (χ3v) is 4.61. The van der Waals surface area contributed by atoms with Gasteiger partial charge in [-0.1, -0.05) is 6.42 Å². The Labute approximate surface area is 115 Å². The van der Waals surface area contributed by atoms with Crippen LogP contribution in [-0.2, 0) is 0 Å². The monoisotopic (exact) mass is 274 g/mol. The van der Waals surface area contributed by atoms with Crippen LogP contribution in [0.25, 0.3) is 0 Å². The van der Waals surface area contributed by atoms with E-state index in [-0.39, 0.29) is 12.1 Å². The first-order chi connectivity index (χ1) is 8.52. The Hall–Kier alpha value is -0.420. The van der Waals surface area contributed by atoms with E-state index in [4.69, 9.17) is 0 Å². The number of rotatable bonds is 5. The minimum atomic E-state index is -0.351. The highest BCUT2D eigenvalue weighted by Crippen LogP contribution is 2.26. The maximum atomic E-state index is 11.9. The van der Waals surface area contributed by atoms with E-state index in [1.54, 1.807) is 18.9 Å². The molecule has 0 spiro atoms. The van der Waals surface area contributed by atoms with Gasteiger partial charge in [-0.2, -0.15) is 11.8 Å². The molecule has 0 aromatic rings. The van der Waals surface area contributed by atoms with Crippen LogP contribution in [0.4, 0.5) is 4.79 Å². The highest BCUT2D eigenvalue weighted by atomic mass is 32.2. The lowest BCUT2D eigenvalue weighted by Gasteiger charge is -2.30. The number of carbonyl (C=O) groups excluding carboxylic acids is 1. The molecule has 4 nitrogen and oxygen atoms in total. The summed E-state index contributed by atoms with van der Waals surface area (Å²) in [5, 5.41) is 13.0. The van der Waals surface area contributed by atoms with Gasteiger partial charge in [0.1, 0.15) is 0 Å². The average Bonchev–Trinajstić information content (AvgIpc) is 2.36. The molecule has 1 saturated carbocycles. The standard InChI is InChI=1S/C13H26N2O2S/c1-10(16)7-8-15(2)13(17)14-11-5-4-6-12(9-11)18-3/h10-12,16H,4-9H2,1-3H3,(H,14,17). The Bertz CT molecular complexity index is 261. The smallest absolute Gasteiger partial charge is 0.317 e. The summed E-state index contributed by atoms with van der Waals surface area (Å²) in [5.41, 5.74) is 0. The summed E-state index contributed by atoms with van der Waals surface area (Å²) in [5.74, 6) is 0. The number of amides is 2. The first-order valence-electron chi connectivity index (χ1n) is 6.75. The van der Waals surface area contributed by atoms with Crippen LogP contribution in [0.2, 0.25) is 0 Å². The van der Waals surface area contributed by atoms with E-state index in [9.17, 15) is 9.90 Å². The van der Waals surface area contributed by atoms with Crippen molar-refractivity contribution in [3.05, 3.63) is 0 Å². The summed E-state index contributed by atoms with van der Waals surface area (Å²) in [6.45, 7) is 2.35. The second-order valence-electron chi connectivity index (χ2n) is 5.23. The lowest BCUT2D eigenvalue weighted by Crippen LogP contribution is -2.45. The molecule has 1 aliphatic rings. The molecule has 1 rings (SSSR count). The summed E-state index contributed by atoms with van der Waals surface area (Å²) < 4.78 is 0. The van der Waals surface area contributed by atoms with Gasteiger partial charge < -0.3 is 15.3 Å². The molecular formula is C13H26N2O2S. The molecule has 1 fully saturated rings. The predicted octanol–water partition coefficient (Wildman–Crippen LogP) is 2.07. The van der Waals surface area contributed by atoms with Crippen molar-refractivity contribution in [2.45, 2.75) is 56.4 Å². The summed E-state index contributed by atoms with van der Waals surface area (Å²) in [4.78, 5) is 13.6. The van der Waals surface area contributed by atoms with E-state index in [0.717, 1.165) is 12.8 Å². The minimum Gasteiger partial charge on any atom is -0.393 e. The van der Waals surface area contributed by atoms with Crippen LogP contribution in [0.1, 0.15) is 39.0 Å². The molecule has 0 radical (unpaired) electrons. The number of nitrogens with one attached hydrogen (secondary N) is 1. The van der Waals surface area contributed by atoms with E-state index in [1.807, 2.05) is 11.8 Å². The molecule has 3 atom stereocenters. The van der Waals surface area contributed by atoms with Crippen molar-refractivity contribution in [2.24, 2.45) is 0 Å². The molecule has 0 aromatic carbocycles. The van der Waals surface area contributed by atoms with Crippen molar-refractivity contribution in [1.82, 2.24) is 10.2 Å². The van der Waals surface area contributed by atoms with Crippen molar-refractivity contribution in [3.8, 4) is 0 Å². The lowest BCUT2D eigenvalue weighted by molar-refractivity contribution is 0.161. The van der Waals surface area contributed by atoms with Crippen molar-refractivity contribution >= 4 is 17.8 Å². The molecule has 1 aliphatic carbocycles. The summed E-state index contributed by atoms with van der Waals surface area (Å²) in [6.07, 6.45) is 7.06. The largest absolute Gasteiger partial charge is 0.393 e. The highest BCUT2D eigenvalue weighted by Gasteiger charge is 2.23. The first-order valence-corrected chi connectivity index (χ1v) is 8.04. The molecule has 5 heteroatoms. The van der Waals surface area contributed by atoms with Crippen molar-refractivity contribution in [1.29, 1.82) is 0 Å². The third-order valence-electron chi connectivity index (χ3n) is 3.52. The molecule has 3 unspecified atom stereocenters. The van der Waals surface area contributed by atoms with E-state index in [2.05, 4.69) is 11.6 Å². The average molecular weight is 274 g/mol. The number of urea groups is 1. The number of nitrogens with zero attached hydrogens (tertiary/aromatic N) is 1. The maximum absolute atomic E-state index is 11.9. The fourth-order valence-electron chi connectivity index (χ4n) is 2.26. The summed E-state index contributed by atoms with van der Waals surface area (Å²) in [6, 6.07) is 0.306. The Balaban J connectivity index is 2.30. The molecule has 18 heavy (non-hydrogen) atoms. The van der Waals surface area contributed by atoms with Gasteiger partial charge in [0, 0.05) is 24.9 Å². The van der Waals surface area contributed by atoms with E-state index in [1.165, 1.54) is 12.8 Å².